The largest absolute Gasteiger partial charge is 0.492 e. The van der Waals surface area contributed by atoms with Crippen LogP contribution in [-0.2, 0) is 0 Å². The van der Waals surface area contributed by atoms with Crippen molar-refractivity contribution in [3.63, 3.8) is 0 Å². The van der Waals surface area contributed by atoms with Crippen molar-refractivity contribution in [3.05, 3.63) is 23.7 Å². The molecule has 0 bridgehead atoms. The van der Waals surface area contributed by atoms with Crippen molar-refractivity contribution in [1.82, 2.24) is 15.2 Å². The third-order valence-electron chi connectivity index (χ3n) is 3.19. The van der Waals surface area contributed by atoms with Gasteiger partial charge in [-0.3, -0.25) is 4.90 Å². The van der Waals surface area contributed by atoms with Crippen LogP contribution in [0.3, 0.4) is 0 Å². The zero-order valence-electron chi connectivity index (χ0n) is 10.3. The van der Waals surface area contributed by atoms with Gasteiger partial charge in [-0.05, 0) is 18.2 Å². The number of piperazine rings is 1. The van der Waals surface area contributed by atoms with E-state index in [9.17, 15) is 0 Å². The summed E-state index contributed by atoms with van der Waals surface area (Å²) in [4.78, 5) is 6.69. The minimum Gasteiger partial charge on any atom is -0.492 e. The lowest BCUT2D eigenvalue weighted by molar-refractivity contribution is 0.191. The molecule has 4 nitrogen and oxygen atoms in total. The van der Waals surface area contributed by atoms with Gasteiger partial charge in [0.2, 0.25) is 0 Å². The minimum atomic E-state index is 0.754. The molecular weight excluding hydrogens is 246 g/mol. The van der Waals surface area contributed by atoms with Gasteiger partial charge in [0, 0.05) is 32.7 Å². The molecule has 18 heavy (non-hydrogen) atoms. The second-order valence-corrected chi connectivity index (χ2v) is 5.31. The Morgan fingerprint density at radius 2 is 2.22 bits per heavy atom. The van der Waals surface area contributed by atoms with Gasteiger partial charge in [-0.2, -0.15) is 0 Å². The number of rotatable bonds is 4. The van der Waals surface area contributed by atoms with E-state index in [-0.39, 0.29) is 0 Å². The molecule has 1 aliphatic rings. The molecule has 1 aromatic carbocycles. The third kappa shape index (κ3) is 2.80. The lowest BCUT2D eigenvalue weighted by atomic mass is 10.3. The number of fused-ring (bicyclic) bond motifs is 1. The third-order valence-corrected chi connectivity index (χ3v) is 3.98. The number of ether oxygens (including phenoxy) is 1. The fourth-order valence-corrected chi connectivity index (χ4v) is 2.86. The average Bonchev–Trinajstić information content (AvgIpc) is 2.87. The number of hydrogen-bond acceptors (Lipinski definition) is 5. The molecule has 0 radical (unpaired) electrons. The Bertz CT molecular complexity index is 508. The SMILES string of the molecule is c1nc2ccc(OCCN3CCNCC3)cc2s1. The molecule has 2 aromatic rings. The van der Waals surface area contributed by atoms with E-state index in [1.165, 1.54) is 4.70 Å². The normalized spacial score (nSPS) is 17.1. The molecule has 1 N–H and O–H groups in total. The summed E-state index contributed by atoms with van der Waals surface area (Å²) in [7, 11) is 0. The molecule has 1 saturated heterocycles. The molecule has 3 rings (SSSR count). The summed E-state index contributed by atoms with van der Waals surface area (Å²) >= 11 is 1.65. The van der Waals surface area contributed by atoms with Gasteiger partial charge in [0.15, 0.2) is 0 Å². The number of aromatic nitrogens is 1. The van der Waals surface area contributed by atoms with Crippen LogP contribution in [0.5, 0.6) is 5.75 Å². The summed E-state index contributed by atoms with van der Waals surface area (Å²) in [6.45, 7) is 6.18. The molecule has 0 amide bonds. The van der Waals surface area contributed by atoms with Gasteiger partial charge in [-0.1, -0.05) is 0 Å². The van der Waals surface area contributed by atoms with Gasteiger partial charge in [0.05, 0.1) is 15.7 Å². The van der Waals surface area contributed by atoms with Crippen molar-refractivity contribution in [2.45, 2.75) is 0 Å². The second-order valence-electron chi connectivity index (χ2n) is 4.42. The molecule has 0 spiro atoms. The Morgan fingerprint density at radius 3 is 3.11 bits per heavy atom. The first-order valence-corrected chi connectivity index (χ1v) is 7.19. The van der Waals surface area contributed by atoms with Gasteiger partial charge >= 0.3 is 0 Å². The van der Waals surface area contributed by atoms with E-state index >= 15 is 0 Å². The second kappa shape index (κ2) is 5.65. The van der Waals surface area contributed by atoms with Gasteiger partial charge < -0.3 is 10.1 Å². The van der Waals surface area contributed by atoms with E-state index in [0.29, 0.717) is 0 Å². The van der Waals surface area contributed by atoms with Crippen molar-refractivity contribution in [2.75, 3.05) is 39.3 Å². The summed E-state index contributed by atoms with van der Waals surface area (Å²) in [5, 5.41) is 3.35. The molecule has 0 aliphatic carbocycles. The number of nitrogens with zero attached hydrogens (tertiary/aromatic N) is 2. The zero-order chi connectivity index (χ0) is 12.2. The van der Waals surface area contributed by atoms with E-state index in [4.69, 9.17) is 4.74 Å². The number of thiazole rings is 1. The zero-order valence-corrected chi connectivity index (χ0v) is 11.1. The van der Waals surface area contributed by atoms with E-state index < -0.39 is 0 Å². The van der Waals surface area contributed by atoms with Gasteiger partial charge in [-0.25, -0.2) is 4.98 Å². The maximum atomic E-state index is 5.80. The number of benzene rings is 1. The predicted molar refractivity (Wildman–Crippen MR) is 74.4 cm³/mol. The van der Waals surface area contributed by atoms with Crippen LogP contribution in [0.2, 0.25) is 0 Å². The summed E-state index contributed by atoms with van der Waals surface area (Å²) < 4.78 is 6.99. The van der Waals surface area contributed by atoms with E-state index in [1.807, 2.05) is 17.6 Å². The van der Waals surface area contributed by atoms with Gasteiger partial charge in [-0.15, -0.1) is 11.3 Å². The van der Waals surface area contributed by atoms with E-state index in [2.05, 4.69) is 21.3 Å². The predicted octanol–water partition coefficient (Wildman–Crippen LogP) is 1.58. The Labute approximate surface area is 111 Å². The Morgan fingerprint density at radius 1 is 1.33 bits per heavy atom. The van der Waals surface area contributed by atoms with E-state index in [1.54, 1.807) is 11.3 Å². The molecule has 2 heterocycles. The van der Waals surface area contributed by atoms with Crippen LogP contribution in [-0.4, -0.2) is 49.2 Å². The number of nitrogens with one attached hydrogen (secondary N) is 1. The molecule has 1 aliphatic heterocycles. The summed E-state index contributed by atoms with van der Waals surface area (Å²) in [6, 6.07) is 6.09. The Balaban J connectivity index is 1.52. The molecule has 0 unspecified atom stereocenters. The molecular formula is C13H17N3OS. The topological polar surface area (TPSA) is 37.4 Å². The lowest BCUT2D eigenvalue weighted by Crippen LogP contribution is -2.44. The minimum absolute atomic E-state index is 0.754. The maximum Gasteiger partial charge on any atom is 0.120 e. The van der Waals surface area contributed by atoms with Crippen LogP contribution >= 0.6 is 11.3 Å². The van der Waals surface area contributed by atoms with Crippen molar-refractivity contribution < 1.29 is 4.74 Å². The molecule has 0 atom stereocenters. The first kappa shape index (κ1) is 11.9. The van der Waals surface area contributed by atoms with Crippen molar-refractivity contribution in [3.8, 4) is 5.75 Å². The van der Waals surface area contributed by atoms with Crippen molar-refractivity contribution in [2.24, 2.45) is 0 Å². The van der Waals surface area contributed by atoms with E-state index in [0.717, 1.165) is 50.6 Å². The van der Waals surface area contributed by atoms with Crippen molar-refractivity contribution in [1.29, 1.82) is 0 Å². The monoisotopic (exact) mass is 263 g/mol. The van der Waals surface area contributed by atoms with Crippen LogP contribution in [0.4, 0.5) is 0 Å². The van der Waals surface area contributed by atoms with Crippen LogP contribution in [0, 0.1) is 0 Å². The first-order valence-electron chi connectivity index (χ1n) is 6.31. The summed E-state index contributed by atoms with van der Waals surface area (Å²) in [5.41, 5.74) is 2.92. The number of hydrogen-bond donors (Lipinski definition) is 1. The fourth-order valence-electron chi connectivity index (χ4n) is 2.15. The van der Waals surface area contributed by atoms with Gasteiger partial charge in [0.1, 0.15) is 12.4 Å². The highest BCUT2D eigenvalue weighted by Crippen LogP contribution is 2.23. The molecule has 0 saturated carbocycles. The molecule has 5 heteroatoms. The fraction of sp³-hybridized carbons (Fsp3) is 0.462. The lowest BCUT2D eigenvalue weighted by Gasteiger charge is -2.26. The molecule has 96 valence electrons. The summed E-state index contributed by atoms with van der Waals surface area (Å²) in [6.07, 6.45) is 0. The Hall–Kier alpha value is -1.17. The highest BCUT2D eigenvalue weighted by molar-refractivity contribution is 7.16. The summed E-state index contributed by atoms with van der Waals surface area (Å²) in [5.74, 6) is 0.946. The standard InChI is InChI=1S/C13H17N3OS/c1-2-12-13(18-10-15-12)9-11(1)17-8-7-16-5-3-14-4-6-16/h1-2,9-10,14H,3-8H2. The smallest absolute Gasteiger partial charge is 0.120 e. The highest BCUT2D eigenvalue weighted by atomic mass is 32.1. The molecule has 1 fully saturated rings. The molecule has 1 aromatic heterocycles. The quantitative estimate of drug-likeness (QED) is 0.909. The van der Waals surface area contributed by atoms with Crippen LogP contribution in [0.1, 0.15) is 0 Å². The van der Waals surface area contributed by atoms with Gasteiger partial charge in [0.25, 0.3) is 0 Å². The van der Waals surface area contributed by atoms with Crippen molar-refractivity contribution >= 4 is 21.6 Å². The highest BCUT2D eigenvalue weighted by Gasteiger charge is 2.08. The maximum absolute atomic E-state index is 5.80. The van der Waals surface area contributed by atoms with Crippen LogP contribution in [0.25, 0.3) is 10.2 Å². The van der Waals surface area contributed by atoms with Crippen LogP contribution in [0.15, 0.2) is 23.7 Å². The average molecular weight is 263 g/mol. The Kier molecular flexibility index (Phi) is 3.73. The first-order chi connectivity index (χ1) is 8.92. The van der Waals surface area contributed by atoms with Crippen LogP contribution < -0.4 is 10.1 Å².